The van der Waals surface area contributed by atoms with Gasteiger partial charge in [-0.15, -0.1) is 0 Å². The number of amides is 1. The Balaban J connectivity index is 1.61. The number of sulfone groups is 1. The molecule has 3 rings (SSSR count). The number of benzene rings is 1. The normalized spacial score (nSPS) is 19.6. The van der Waals surface area contributed by atoms with Crippen LogP contribution in [0.2, 0.25) is 0 Å². The van der Waals surface area contributed by atoms with Crippen LogP contribution in [0.15, 0.2) is 36.5 Å². The van der Waals surface area contributed by atoms with Crippen molar-refractivity contribution in [3.8, 4) is 5.75 Å². The maximum Gasteiger partial charge on any atom is 0.260 e. The number of likely N-dealkylation sites (N-methyl/N-ethyl adjacent to an activating group) is 1. The molecule has 1 fully saturated rings. The summed E-state index contributed by atoms with van der Waals surface area (Å²) >= 11 is 0. The standard InChI is InChI=1S/C16H18N2O4S/c1-18(13-6-8-23(20,21)11-13)16(19)10-22-14-4-5-15-12(9-14)3-2-7-17-15/h2-5,7,9,13H,6,8,10-11H2,1H3. The maximum atomic E-state index is 12.2. The van der Waals surface area contributed by atoms with E-state index in [4.69, 9.17) is 4.74 Å². The molecule has 1 aliphatic heterocycles. The maximum absolute atomic E-state index is 12.2. The van der Waals surface area contributed by atoms with Crippen molar-refractivity contribution >= 4 is 26.6 Å². The molecule has 0 bridgehead atoms. The van der Waals surface area contributed by atoms with Gasteiger partial charge in [0.1, 0.15) is 5.75 Å². The Labute approximate surface area is 135 Å². The van der Waals surface area contributed by atoms with E-state index in [1.54, 1.807) is 19.3 Å². The Kier molecular flexibility index (Phi) is 4.21. The third-order valence-electron chi connectivity index (χ3n) is 4.09. The van der Waals surface area contributed by atoms with E-state index in [9.17, 15) is 13.2 Å². The molecule has 23 heavy (non-hydrogen) atoms. The summed E-state index contributed by atoms with van der Waals surface area (Å²) in [6.45, 7) is -0.112. The predicted molar refractivity (Wildman–Crippen MR) is 87.1 cm³/mol. The second kappa shape index (κ2) is 6.16. The van der Waals surface area contributed by atoms with E-state index in [2.05, 4.69) is 4.98 Å². The van der Waals surface area contributed by atoms with Crippen molar-refractivity contribution in [3.05, 3.63) is 36.5 Å². The number of hydrogen-bond acceptors (Lipinski definition) is 5. The monoisotopic (exact) mass is 334 g/mol. The van der Waals surface area contributed by atoms with Crippen LogP contribution < -0.4 is 4.74 Å². The second-order valence-corrected chi connectivity index (χ2v) is 7.94. The van der Waals surface area contributed by atoms with Gasteiger partial charge >= 0.3 is 0 Å². The number of rotatable bonds is 4. The van der Waals surface area contributed by atoms with Gasteiger partial charge in [0, 0.05) is 24.7 Å². The summed E-state index contributed by atoms with van der Waals surface area (Å²) in [6, 6.07) is 8.94. The Morgan fingerprint density at radius 2 is 2.22 bits per heavy atom. The molecule has 1 aromatic heterocycles. The molecule has 0 spiro atoms. The number of carbonyl (C=O) groups is 1. The molecule has 1 aliphatic rings. The van der Waals surface area contributed by atoms with Gasteiger partial charge in [-0.3, -0.25) is 9.78 Å². The van der Waals surface area contributed by atoms with Crippen molar-refractivity contribution in [2.24, 2.45) is 0 Å². The van der Waals surface area contributed by atoms with E-state index in [1.807, 2.05) is 24.3 Å². The number of nitrogens with zero attached hydrogens (tertiary/aromatic N) is 2. The second-order valence-electron chi connectivity index (χ2n) is 5.71. The summed E-state index contributed by atoms with van der Waals surface area (Å²) in [5.41, 5.74) is 0.861. The largest absolute Gasteiger partial charge is 0.484 e. The molecule has 1 amide bonds. The highest BCUT2D eigenvalue weighted by atomic mass is 32.2. The van der Waals surface area contributed by atoms with E-state index in [-0.39, 0.29) is 30.1 Å². The van der Waals surface area contributed by atoms with Crippen LogP contribution in [0.25, 0.3) is 10.9 Å². The van der Waals surface area contributed by atoms with Crippen molar-refractivity contribution < 1.29 is 17.9 Å². The first-order chi connectivity index (χ1) is 10.9. The molecule has 0 N–H and O–H groups in total. The van der Waals surface area contributed by atoms with Crippen LogP contribution >= 0.6 is 0 Å². The number of fused-ring (bicyclic) bond motifs is 1. The van der Waals surface area contributed by atoms with Gasteiger partial charge in [-0.25, -0.2) is 8.42 Å². The van der Waals surface area contributed by atoms with Gasteiger partial charge in [0.25, 0.3) is 5.91 Å². The molecule has 1 unspecified atom stereocenters. The molecule has 1 atom stereocenters. The lowest BCUT2D eigenvalue weighted by Crippen LogP contribution is -2.40. The Hall–Kier alpha value is -2.15. The van der Waals surface area contributed by atoms with Crippen LogP contribution in [0.4, 0.5) is 0 Å². The zero-order valence-corrected chi connectivity index (χ0v) is 13.6. The van der Waals surface area contributed by atoms with E-state index < -0.39 is 9.84 Å². The third-order valence-corrected chi connectivity index (χ3v) is 5.84. The van der Waals surface area contributed by atoms with Gasteiger partial charge in [-0.1, -0.05) is 6.07 Å². The molecule has 122 valence electrons. The minimum atomic E-state index is -3.01. The molecule has 2 aromatic rings. The Morgan fingerprint density at radius 1 is 1.39 bits per heavy atom. The van der Waals surface area contributed by atoms with E-state index in [0.29, 0.717) is 12.2 Å². The van der Waals surface area contributed by atoms with Gasteiger partial charge < -0.3 is 9.64 Å². The van der Waals surface area contributed by atoms with Crippen molar-refractivity contribution in [1.82, 2.24) is 9.88 Å². The molecular weight excluding hydrogens is 316 g/mol. The van der Waals surface area contributed by atoms with Crippen molar-refractivity contribution in [1.29, 1.82) is 0 Å². The van der Waals surface area contributed by atoms with E-state index in [0.717, 1.165) is 10.9 Å². The highest BCUT2D eigenvalue weighted by molar-refractivity contribution is 7.91. The minimum Gasteiger partial charge on any atom is -0.484 e. The zero-order valence-electron chi connectivity index (χ0n) is 12.8. The molecule has 7 heteroatoms. The van der Waals surface area contributed by atoms with E-state index in [1.165, 1.54) is 4.90 Å². The SMILES string of the molecule is CN(C(=O)COc1ccc2ncccc2c1)C1CCS(=O)(=O)C1. The summed E-state index contributed by atoms with van der Waals surface area (Å²) in [4.78, 5) is 17.9. The zero-order chi connectivity index (χ0) is 16.4. The van der Waals surface area contributed by atoms with Crippen molar-refractivity contribution in [2.75, 3.05) is 25.2 Å². The molecular formula is C16H18N2O4S. The Bertz CT molecular complexity index is 835. The van der Waals surface area contributed by atoms with Gasteiger partial charge in [0.05, 0.1) is 17.0 Å². The molecule has 0 saturated carbocycles. The number of hydrogen-bond donors (Lipinski definition) is 0. The van der Waals surface area contributed by atoms with Gasteiger partial charge in [-0.2, -0.15) is 0 Å². The summed E-state index contributed by atoms with van der Waals surface area (Å²) in [5, 5.41) is 0.938. The van der Waals surface area contributed by atoms with Crippen molar-refractivity contribution in [2.45, 2.75) is 12.5 Å². The first-order valence-corrected chi connectivity index (χ1v) is 9.20. The van der Waals surface area contributed by atoms with Gasteiger partial charge in [0.2, 0.25) is 0 Å². The van der Waals surface area contributed by atoms with Gasteiger partial charge in [0.15, 0.2) is 16.4 Å². The molecule has 6 nitrogen and oxygen atoms in total. The van der Waals surface area contributed by atoms with Crippen LogP contribution in [-0.2, 0) is 14.6 Å². The quantitative estimate of drug-likeness (QED) is 0.841. The topological polar surface area (TPSA) is 76.6 Å². The lowest BCUT2D eigenvalue weighted by Gasteiger charge is -2.23. The number of pyridine rings is 1. The van der Waals surface area contributed by atoms with Crippen LogP contribution in [0.3, 0.4) is 0 Å². The lowest BCUT2D eigenvalue weighted by atomic mass is 10.2. The van der Waals surface area contributed by atoms with Crippen molar-refractivity contribution in [3.63, 3.8) is 0 Å². The predicted octanol–water partition coefficient (Wildman–Crippen LogP) is 1.26. The molecule has 2 heterocycles. The third kappa shape index (κ3) is 3.61. The smallest absolute Gasteiger partial charge is 0.260 e. The first-order valence-electron chi connectivity index (χ1n) is 7.38. The van der Waals surface area contributed by atoms with Gasteiger partial charge in [-0.05, 0) is 30.7 Å². The molecule has 1 saturated heterocycles. The lowest BCUT2D eigenvalue weighted by molar-refractivity contribution is -0.133. The molecule has 1 aromatic carbocycles. The average Bonchev–Trinajstić information content (AvgIpc) is 2.91. The highest BCUT2D eigenvalue weighted by Gasteiger charge is 2.32. The number of aromatic nitrogens is 1. The fourth-order valence-corrected chi connectivity index (χ4v) is 4.45. The minimum absolute atomic E-state index is 0.0386. The average molecular weight is 334 g/mol. The van der Waals surface area contributed by atoms with E-state index >= 15 is 0 Å². The number of ether oxygens (including phenoxy) is 1. The fraction of sp³-hybridized carbons (Fsp3) is 0.375. The first kappa shape index (κ1) is 15.7. The fourth-order valence-electron chi connectivity index (χ4n) is 2.67. The Morgan fingerprint density at radius 3 is 2.96 bits per heavy atom. The van der Waals surface area contributed by atoms with Crippen LogP contribution in [0.1, 0.15) is 6.42 Å². The summed E-state index contributed by atoms with van der Waals surface area (Å²) in [7, 11) is -1.38. The molecule has 0 radical (unpaired) electrons. The summed E-state index contributed by atoms with van der Waals surface area (Å²) in [6.07, 6.45) is 2.21. The van der Waals surface area contributed by atoms with Crippen LogP contribution in [-0.4, -0.2) is 55.4 Å². The molecule has 0 aliphatic carbocycles. The van der Waals surface area contributed by atoms with Crippen LogP contribution in [0.5, 0.6) is 5.75 Å². The summed E-state index contributed by atoms with van der Waals surface area (Å²) < 4.78 is 28.5. The summed E-state index contributed by atoms with van der Waals surface area (Å²) in [5.74, 6) is 0.551. The number of carbonyl (C=O) groups excluding carboxylic acids is 1. The highest BCUT2D eigenvalue weighted by Crippen LogP contribution is 2.20. The van der Waals surface area contributed by atoms with Crippen LogP contribution in [0, 0.1) is 0 Å².